The van der Waals surface area contributed by atoms with Crippen molar-refractivity contribution in [1.82, 2.24) is 0 Å². The lowest BCUT2D eigenvalue weighted by atomic mass is 10.0. The van der Waals surface area contributed by atoms with E-state index in [1.54, 1.807) is 42.5 Å². The largest absolute Gasteiger partial charge is 0.398 e. The summed E-state index contributed by atoms with van der Waals surface area (Å²) in [5, 5.41) is 8.36. The van der Waals surface area contributed by atoms with Gasteiger partial charge in [-0.25, -0.2) is 8.42 Å². The maximum atomic E-state index is 12.4. The molecule has 0 fully saturated rings. The molecule has 0 unspecified atom stereocenters. The maximum absolute atomic E-state index is 12.4. The first-order valence-corrected chi connectivity index (χ1v) is 9.68. The normalized spacial score (nSPS) is 11.1. The third-order valence-electron chi connectivity index (χ3n) is 3.86. The predicted molar refractivity (Wildman–Crippen MR) is 106 cm³/mol. The molecule has 0 saturated carbocycles. The molecule has 3 aromatic rings. The molecule has 0 bridgehead atoms. The van der Waals surface area contributed by atoms with Crippen LogP contribution in [0.3, 0.4) is 0 Å². The fourth-order valence-electron chi connectivity index (χ4n) is 2.61. The van der Waals surface area contributed by atoms with E-state index in [1.165, 1.54) is 0 Å². The first-order valence-electron chi connectivity index (χ1n) is 8.03. The third-order valence-corrected chi connectivity index (χ3v) is 5.12. The molecule has 3 aromatic carbocycles. The van der Waals surface area contributed by atoms with Gasteiger partial charge in [-0.3, -0.25) is 10.1 Å². The minimum Gasteiger partial charge on any atom is -0.398 e. The highest BCUT2D eigenvalue weighted by molar-refractivity contribution is 7.91. The summed E-state index contributed by atoms with van der Waals surface area (Å²) < 4.78 is 27.4. The van der Waals surface area contributed by atoms with Crippen molar-refractivity contribution >= 4 is 27.1 Å². The number of nitrogens with two attached hydrogens (primary N) is 1. The highest BCUT2D eigenvalue weighted by Gasteiger charge is 2.14. The molecule has 0 aromatic heterocycles. The van der Waals surface area contributed by atoms with E-state index >= 15 is 0 Å². The van der Waals surface area contributed by atoms with E-state index in [9.17, 15) is 8.42 Å². The van der Waals surface area contributed by atoms with Gasteiger partial charge in [-0.15, -0.1) is 0 Å². The van der Waals surface area contributed by atoms with Gasteiger partial charge in [0.15, 0.2) is 0 Å². The number of hydrogen-bond donors (Lipinski definition) is 3. The predicted octanol–water partition coefficient (Wildman–Crippen LogP) is 3.63. The minimum absolute atomic E-state index is 0.121. The summed E-state index contributed by atoms with van der Waals surface area (Å²) in [6.45, 7) is 0. The summed E-state index contributed by atoms with van der Waals surface area (Å²) in [4.78, 5) is 0. The van der Waals surface area contributed by atoms with Crippen LogP contribution in [0.1, 0.15) is 16.7 Å². The number of nitrogens with one attached hydrogen (secondary N) is 2. The monoisotopic (exact) mass is 365 g/mol. The van der Waals surface area contributed by atoms with E-state index in [4.69, 9.17) is 11.1 Å². The standard InChI is InChI=1S/C20H19N3O2S/c21-19-12-11-17(13-18(19)20(22)16-9-5-2-6-10-16)23-26(24,25)14-15-7-3-1-4-8-15/h1-13,22-23H,14,21H2. The van der Waals surface area contributed by atoms with Crippen LogP contribution in [0, 0.1) is 5.41 Å². The average molecular weight is 365 g/mol. The van der Waals surface area contributed by atoms with Gasteiger partial charge in [0.1, 0.15) is 0 Å². The fourth-order valence-corrected chi connectivity index (χ4v) is 3.80. The molecule has 0 heterocycles. The Morgan fingerprint density at radius 1 is 0.923 bits per heavy atom. The molecule has 0 aliphatic heterocycles. The minimum atomic E-state index is -3.57. The van der Waals surface area contributed by atoms with Gasteiger partial charge in [-0.2, -0.15) is 0 Å². The molecule has 0 amide bonds. The van der Waals surface area contributed by atoms with Gasteiger partial charge in [-0.1, -0.05) is 60.7 Å². The van der Waals surface area contributed by atoms with Gasteiger partial charge >= 0.3 is 0 Å². The van der Waals surface area contributed by atoms with Crippen LogP contribution in [-0.4, -0.2) is 14.1 Å². The number of sulfonamides is 1. The zero-order valence-corrected chi connectivity index (χ0v) is 14.8. The van der Waals surface area contributed by atoms with Crippen molar-refractivity contribution in [2.45, 2.75) is 5.75 Å². The Labute approximate surface area is 153 Å². The summed E-state index contributed by atoms with van der Waals surface area (Å²) in [6, 6.07) is 22.9. The van der Waals surface area contributed by atoms with Crippen LogP contribution in [0.15, 0.2) is 78.9 Å². The molecule has 4 N–H and O–H groups in total. The Morgan fingerprint density at radius 2 is 1.54 bits per heavy atom. The van der Waals surface area contributed by atoms with E-state index < -0.39 is 10.0 Å². The van der Waals surface area contributed by atoms with Crippen molar-refractivity contribution in [1.29, 1.82) is 5.41 Å². The van der Waals surface area contributed by atoms with Gasteiger partial charge < -0.3 is 5.73 Å². The molecule has 0 atom stereocenters. The van der Waals surface area contributed by atoms with Crippen LogP contribution >= 0.6 is 0 Å². The number of rotatable bonds is 6. The van der Waals surface area contributed by atoms with Gasteiger partial charge in [0.05, 0.1) is 11.5 Å². The second kappa shape index (κ2) is 7.41. The van der Waals surface area contributed by atoms with Crippen molar-refractivity contribution in [2.75, 3.05) is 10.5 Å². The zero-order chi connectivity index (χ0) is 18.6. The molecule has 26 heavy (non-hydrogen) atoms. The van der Waals surface area contributed by atoms with Crippen molar-refractivity contribution < 1.29 is 8.42 Å². The van der Waals surface area contributed by atoms with Crippen LogP contribution in [0.2, 0.25) is 0 Å². The topological polar surface area (TPSA) is 96.0 Å². The van der Waals surface area contributed by atoms with Gasteiger partial charge in [0.2, 0.25) is 10.0 Å². The van der Waals surface area contributed by atoms with E-state index in [0.29, 0.717) is 28.1 Å². The molecule has 132 valence electrons. The SMILES string of the molecule is N=C(c1ccccc1)c1cc(NS(=O)(=O)Cc2ccccc2)ccc1N. The van der Waals surface area contributed by atoms with Crippen LogP contribution < -0.4 is 10.5 Å². The fraction of sp³-hybridized carbons (Fsp3) is 0.0500. The molecule has 0 radical (unpaired) electrons. The lowest BCUT2D eigenvalue weighted by Gasteiger charge is -2.12. The van der Waals surface area contributed by atoms with E-state index in [1.807, 2.05) is 36.4 Å². The van der Waals surface area contributed by atoms with Gasteiger partial charge in [0.25, 0.3) is 0 Å². The van der Waals surface area contributed by atoms with Crippen molar-refractivity contribution in [3.05, 3.63) is 95.6 Å². The number of benzene rings is 3. The Morgan fingerprint density at radius 3 is 2.19 bits per heavy atom. The lowest BCUT2D eigenvalue weighted by molar-refractivity contribution is 0.600. The molecule has 0 aliphatic carbocycles. The summed E-state index contributed by atoms with van der Waals surface area (Å²) in [5.41, 5.74) is 8.94. The van der Waals surface area contributed by atoms with Crippen LogP contribution in [0.5, 0.6) is 0 Å². The molecule has 0 aliphatic rings. The van der Waals surface area contributed by atoms with Gasteiger partial charge in [0, 0.05) is 22.5 Å². The highest BCUT2D eigenvalue weighted by Crippen LogP contribution is 2.22. The van der Waals surface area contributed by atoms with Crippen LogP contribution in [0.4, 0.5) is 11.4 Å². The van der Waals surface area contributed by atoms with Crippen molar-refractivity contribution in [3.63, 3.8) is 0 Å². The molecule has 5 nitrogen and oxygen atoms in total. The summed E-state index contributed by atoms with van der Waals surface area (Å²) in [5.74, 6) is -0.121. The zero-order valence-electron chi connectivity index (χ0n) is 14.0. The van der Waals surface area contributed by atoms with E-state index in [0.717, 1.165) is 0 Å². The molecular weight excluding hydrogens is 346 g/mol. The number of anilines is 2. The van der Waals surface area contributed by atoms with Crippen molar-refractivity contribution in [2.24, 2.45) is 0 Å². The summed E-state index contributed by atoms with van der Waals surface area (Å²) in [6.07, 6.45) is 0. The number of hydrogen-bond acceptors (Lipinski definition) is 4. The Bertz CT molecular complexity index is 1020. The summed E-state index contributed by atoms with van der Waals surface area (Å²) in [7, 11) is -3.57. The molecule has 0 saturated heterocycles. The first-order chi connectivity index (χ1) is 12.4. The lowest BCUT2D eigenvalue weighted by Crippen LogP contribution is -2.16. The summed E-state index contributed by atoms with van der Waals surface area (Å²) >= 11 is 0. The van der Waals surface area contributed by atoms with Gasteiger partial charge in [-0.05, 0) is 23.8 Å². The Kier molecular flexibility index (Phi) is 5.04. The first kappa shape index (κ1) is 17.7. The number of nitrogen functional groups attached to an aromatic ring is 1. The maximum Gasteiger partial charge on any atom is 0.236 e. The second-order valence-corrected chi connectivity index (χ2v) is 7.61. The average Bonchev–Trinajstić information content (AvgIpc) is 2.63. The van der Waals surface area contributed by atoms with Crippen LogP contribution in [-0.2, 0) is 15.8 Å². The Balaban J connectivity index is 1.84. The van der Waals surface area contributed by atoms with Crippen molar-refractivity contribution in [3.8, 4) is 0 Å². The molecule has 3 rings (SSSR count). The quantitative estimate of drug-likeness (QED) is 0.460. The van der Waals surface area contributed by atoms with Crippen LogP contribution in [0.25, 0.3) is 0 Å². The molecule has 6 heteroatoms. The second-order valence-electron chi connectivity index (χ2n) is 5.89. The Hall–Kier alpha value is -3.12. The molecule has 0 spiro atoms. The smallest absolute Gasteiger partial charge is 0.236 e. The van der Waals surface area contributed by atoms with E-state index in [-0.39, 0.29) is 11.5 Å². The highest BCUT2D eigenvalue weighted by atomic mass is 32.2. The third kappa shape index (κ3) is 4.29. The molecular formula is C20H19N3O2S. The van der Waals surface area contributed by atoms with E-state index in [2.05, 4.69) is 4.72 Å².